The maximum atomic E-state index is 4.97. The third kappa shape index (κ3) is 4.37. The first-order valence-electron chi connectivity index (χ1n) is 11.9. The molecule has 0 saturated heterocycles. The van der Waals surface area contributed by atoms with Gasteiger partial charge < -0.3 is 20.5 Å². The fourth-order valence-electron chi connectivity index (χ4n) is 5.33. The summed E-state index contributed by atoms with van der Waals surface area (Å²) in [5.74, 6) is 1.91. The number of anilines is 2. The normalized spacial score (nSPS) is 20.8. The molecule has 0 atom stereocenters. The maximum absolute atomic E-state index is 4.97. The van der Waals surface area contributed by atoms with Crippen LogP contribution >= 0.6 is 15.9 Å². The summed E-state index contributed by atoms with van der Waals surface area (Å²) in [5, 5.41) is 8.41. The first kappa shape index (κ1) is 21.7. The van der Waals surface area contributed by atoms with E-state index in [0.717, 1.165) is 35.6 Å². The van der Waals surface area contributed by atoms with E-state index in [1.807, 2.05) is 7.05 Å². The number of halogens is 1. The Bertz CT molecular complexity index is 1070. The molecule has 170 valence electrons. The number of aromatic nitrogens is 3. The van der Waals surface area contributed by atoms with Crippen molar-refractivity contribution >= 4 is 38.6 Å². The number of nitrogens with zero attached hydrogens (tertiary/aromatic N) is 3. The van der Waals surface area contributed by atoms with Gasteiger partial charge in [0.25, 0.3) is 0 Å². The van der Waals surface area contributed by atoms with Crippen molar-refractivity contribution in [1.82, 2.24) is 20.3 Å². The molecule has 1 aromatic carbocycles. The summed E-state index contributed by atoms with van der Waals surface area (Å²) in [4.78, 5) is 15.6. The Balaban J connectivity index is 1.20. The zero-order valence-electron chi connectivity index (χ0n) is 19.0. The highest BCUT2D eigenvalue weighted by Crippen LogP contribution is 2.30. The average molecular weight is 497 g/mol. The molecule has 0 unspecified atom stereocenters. The van der Waals surface area contributed by atoms with Crippen LogP contribution in [0.4, 0.5) is 11.8 Å². The van der Waals surface area contributed by atoms with Crippen LogP contribution in [0.1, 0.15) is 55.3 Å². The Hall–Kier alpha value is -2.12. The number of rotatable bonds is 6. The van der Waals surface area contributed by atoms with E-state index < -0.39 is 0 Å². The number of nitrogens with one attached hydrogen (secondary N) is 3. The molecule has 0 amide bonds. The molecule has 0 radical (unpaired) electrons. The molecule has 6 nitrogen and oxygen atoms in total. The predicted octanol–water partition coefficient (Wildman–Crippen LogP) is 5.18. The molecule has 3 N–H and O–H groups in total. The molecule has 1 saturated carbocycles. The Morgan fingerprint density at radius 1 is 1.12 bits per heavy atom. The number of aromatic amines is 1. The topological polar surface area (TPSA) is 68.9 Å². The molecule has 5 rings (SSSR count). The fourth-order valence-corrected chi connectivity index (χ4v) is 5.69. The van der Waals surface area contributed by atoms with E-state index in [1.165, 1.54) is 66.2 Å². The lowest BCUT2D eigenvalue weighted by Gasteiger charge is -2.35. The summed E-state index contributed by atoms with van der Waals surface area (Å²) in [6.07, 6.45) is 11.5. The van der Waals surface area contributed by atoms with E-state index >= 15 is 0 Å². The summed E-state index contributed by atoms with van der Waals surface area (Å²) >= 11 is 3.59. The van der Waals surface area contributed by atoms with Crippen molar-refractivity contribution in [1.29, 1.82) is 0 Å². The second kappa shape index (κ2) is 9.40. The second-order valence-corrected chi connectivity index (χ2v) is 10.2. The Kier molecular flexibility index (Phi) is 6.37. The molecule has 32 heavy (non-hydrogen) atoms. The molecular formula is C25H33BrN6. The predicted molar refractivity (Wildman–Crippen MR) is 136 cm³/mol. The first-order chi connectivity index (χ1) is 15.6. The number of hydrogen-bond acceptors (Lipinski definition) is 5. The highest BCUT2D eigenvalue weighted by atomic mass is 79.9. The van der Waals surface area contributed by atoms with E-state index in [-0.39, 0.29) is 0 Å². The summed E-state index contributed by atoms with van der Waals surface area (Å²) in [6.45, 7) is 0.904. The van der Waals surface area contributed by atoms with Crippen molar-refractivity contribution in [2.24, 2.45) is 0 Å². The SMILES string of the molecule is CNc1nc(N(C)C2CCC(NCc3c[nH]c4ccc(Br)cc34)CC2)nc2c1CCCC2. The number of H-pyrrole nitrogens is 1. The van der Waals surface area contributed by atoms with Gasteiger partial charge in [-0.2, -0.15) is 4.98 Å². The van der Waals surface area contributed by atoms with Crippen LogP contribution in [0, 0.1) is 0 Å². The smallest absolute Gasteiger partial charge is 0.227 e. The zero-order valence-corrected chi connectivity index (χ0v) is 20.6. The first-order valence-corrected chi connectivity index (χ1v) is 12.7. The van der Waals surface area contributed by atoms with Crippen LogP contribution in [-0.2, 0) is 19.4 Å². The van der Waals surface area contributed by atoms with Crippen molar-refractivity contribution in [2.75, 3.05) is 24.3 Å². The number of benzene rings is 1. The third-order valence-corrected chi connectivity index (χ3v) is 7.77. The van der Waals surface area contributed by atoms with Gasteiger partial charge in [-0.1, -0.05) is 15.9 Å². The van der Waals surface area contributed by atoms with Gasteiger partial charge in [0.2, 0.25) is 5.95 Å². The van der Waals surface area contributed by atoms with Gasteiger partial charge in [0.05, 0.1) is 5.69 Å². The van der Waals surface area contributed by atoms with Crippen LogP contribution in [0.3, 0.4) is 0 Å². The van der Waals surface area contributed by atoms with Crippen molar-refractivity contribution in [3.8, 4) is 0 Å². The molecule has 2 aliphatic rings. The van der Waals surface area contributed by atoms with Gasteiger partial charge in [0, 0.05) is 59.9 Å². The standard InChI is InChI=1S/C25H33BrN6/c1-27-24-20-5-3-4-6-23(20)30-25(31-24)32(2)19-10-8-18(9-11-19)28-14-16-15-29-22-12-7-17(26)13-21(16)22/h7,12-13,15,18-19,28-29H,3-6,8-11,14H2,1-2H3,(H,27,30,31). The Morgan fingerprint density at radius 3 is 2.75 bits per heavy atom. The van der Waals surface area contributed by atoms with Gasteiger partial charge in [-0.05, 0) is 75.1 Å². The lowest BCUT2D eigenvalue weighted by Crippen LogP contribution is -2.41. The summed E-state index contributed by atoms with van der Waals surface area (Å²) < 4.78 is 1.13. The van der Waals surface area contributed by atoms with Crippen LogP contribution in [0.2, 0.25) is 0 Å². The minimum absolute atomic E-state index is 0.503. The number of hydrogen-bond donors (Lipinski definition) is 3. The summed E-state index contributed by atoms with van der Waals surface area (Å²) in [6, 6.07) is 7.48. The highest BCUT2D eigenvalue weighted by Gasteiger charge is 2.27. The average Bonchev–Trinajstić information content (AvgIpc) is 3.23. The van der Waals surface area contributed by atoms with Crippen molar-refractivity contribution in [2.45, 2.75) is 70.0 Å². The highest BCUT2D eigenvalue weighted by molar-refractivity contribution is 9.10. The van der Waals surface area contributed by atoms with E-state index in [4.69, 9.17) is 9.97 Å². The van der Waals surface area contributed by atoms with Crippen LogP contribution in [-0.4, -0.2) is 41.1 Å². The van der Waals surface area contributed by atoms with Gasteiger partial charge in [0.1, 0.15) is 5.82 Å². The number of fused-ring (bicyclic) bond motifs is 2. The molecule has 2 aliphatic carbocycles. The van der Waals surface area contributed by atoms with Gasteiger partial charge in [-0.25, -0.2) is 4.98 Å². The Morgan fingerprint density at radius 2 is 1.94 bits per heavy atom. The molecule has 7 heteroatoms. The monoisotopic (exact) mass is 496 g/mol. The van der Waals surface area contributed by atoms with Gasteiger partial charge in [0.15, 0.2) is 0 Å². The molecule has 1 fully saturated rings. The lowest BCUT2D eigenvalue weighted by molar-refractivity contribution is 0.334. The van der Waals surface area contributed by atoms with Gasteiger partial charge in [-0.15, -0.1) is 0 Å². The Labute approximate surface area is 198 Å². The van der Waals surface area contributed by atoms with Crippen molar-refractivity contribution in [3.05, 3.63) is 45.7 Å². The van der Waals surface area contributed by atoms with E-state index in [2.05, 4.69) is 67.9 Å². The molecule has 0 bridgehead atoms. The van der Waals surface area contributed by atoms with Crippen LogP contribution in [0.25, 0.3) is 10.9 Å². The molecule has 2 aromatic heterocycles. The van der Waals surface area contributed by atoms with Crippen molar-refractivity contribution < 1.29 is 0 Å². The zero-order chi connectivity index (χ0) is 22.1. The van der Waals surface area contributed by atoms with Crippen LogP contribution < -0.4 is 15.5 Å². The van der Waals surface area contributed by atoms with E-state index in [9.17, 15) is 0 Å². The summed E-state index contributed by atoms with van der Waals surface area (Å²) in [5.41, 5.74) is 5.11. The van der Waals surface area contributed by atoms with Gasteiger partial charge >= 0.3 is 0 Å². The molecule has 0 spiro atoms. The van der Waals surface area contributed by atoms with Gasteiger partial charge in [-0.3, -0.25) is 0 Å². The molecule has 3 aromatic rings. The summed E-state index contributed by atoms with van der Waals surface area (Å²) in [7, 11) is 4.15. The minimum Gasteiger partial charge on any atom is -0.373 e. The quantitative estimate of drug-likeness (QED) is 0.438. The van der Waals surface area contributed by atoms with E-state index in [1.54, 1.807) is 0 Å². The second-order valence-electron chi connectivity index (χ2n) is 9.26. The molecular weight excluding hydrogens is 464 g/mol. The van der Waals surface area contributed by atoms with Crippen LogP contribution in [0.5, 0.6) is 0 Å². The number of aryl methyl sites for hydroxylation is 1. The molecule has 2 heterocycles. The van der Waals surface area contributed by atoms with E-state index in [0.29, 0.717) is 12.1 Å². The van der Waals surface area contributed by atoms with Crippen molar-refractivity contribution in [3.63, 3.8) is 0 Å². The third-order valence-electron chi connectivity index (χ3n) is 7.28. The minimum atomic E-state index is 0.503. The fraction of sp³-hybridized carbons (Fsp3) is 0.520. The lowest BCUT2D eigenvalue weighted by atomic mass is 9.90. The van der Waals surface area contributed by atoms with Crippen LogP contribution in [0.15, 0.2) is 28.9 Å². The maximum Gasteiger partial charge on any atom is 0.227 e. The largest absolute Gasteiger partial charge is 0.373 e. The molecule has 0 aliphatic heterocycles.